The minimum atomic E-state index is -0.0758. The van der Waals surface area contributed by atoms with Crippen LogP contribution in [0.1, 0.15) is 20.8 Å². The van der Waals surface area contributed by atoms with Crippen molar-refractivity contribution >= 4 is 11.4 Å². The van der Waals surface area contributed by atoms with Gasteiger partial charge >= 0.3 is 0 Å². The fourth-order valence-corrected chi connectivity index (χ4v) is 1.55. The van der Waals surface area contributed by atoms with E-state index in [2.05, 4.69) is 26.3 Å². The van der Waals surface area contributed by atoms with Gasteiger partial charge in [-0.25, -0.2) is 0 Å². The zero-order valence-electron chi connectivity index (χ0n) is 8.65. The molecule has 1 heterocycles. The number of hydrazine groups is 2. The van der Waals surface area contributed by atoms with Crippen molar-refractivity contribution in [2.45, 2.75) is 26.3 Å². The van der Waals surface area contributed by atoms with Gasteiger partial charge in [0.2, 0.25) is 0 Å². The normalized spacial score (nSPS) is 16.0. The molecule has 14 heavy (non-hydrogen) atoms. The third kappa shape index (κ3) is 1.32. The molecule has 1 aromatic carbocycles. The Bertz CT molecular complexity index is 345. The molecule has 2 rings (SSSR count). The third-order valence-electron chi connectivity index (χ3n) is 2.22. The second-order valence-corrected chi connectivity index (χ2v) is 4.41. The largest absolute Gasteiger partial charge is 0.281 e. The maximum absolute atomic E-state index is 9.60. The molecule has 0 aromatic heterocycles. The van der Waals surface area contributed by atoms with Gasteiger partial charge in [-0.15, -0.1) is 5.53 Å². The molecule has 0 saturated heterocycles. The number of rotatable bonds is 0. The summed E-state index contributed by atoms with van der Waals surface area (Å²) in [7, 11) is 0. The van der Waals surface area contributed by atoms with Crippen LogP contribution in [0.15, 0.2) is 24.3 Å². The van der Waals surface area contributed by atoms with E-state index in [4.69, 9.17) is 0 Å². The lowest BCUT2D eigenvalue weighted by atomic mass is 10.1. The predicted molar refractivity (Wildman–Crippen MR) is 56.1 cm³/mol. The van der Waals surface area contributed by atoms with Gasteiger partial charge in [0.25, 0.3) is 0 Å². The molecule has 0 atom stereocenters. The molecule has 4 nitrogen and oxygen atoms in total. The van der Waals surface area contributed by atoms with Gasteiger partial charge in [0.15, 0.2) is 0 Å². The lowest BCUT2D eigenvalue weighted by Gasteiger charge is -2.33. The van der Waals surface area contributed by atoms with Crippen LogP contribution in [0, 0.1) is 0 Å². The second kappa shape index (κ2) is 2.87. The highest BCUT2D eigenvalue weighted by molar-refractivity contribution is 5.73. The van der Waals surface area contributed by atoms with Crippen LogP contribution in [0.3, 0.4) is 0 Å². The molecule has 0 saturated carbocycles. The minimum Gasteiger partial charge on any atom is -0.281 e. The van der Waals surface area contributed by atoms with Crippen LogP contribution in [-0.4, -0.2) is 10.7 Å². The average Bonchev–Trinajstić information content (AvgIpc) is 2.44. The number of hydrogen-bond donors (Lipinski definition) is 2. The molecule has 1 aliphatic heterocycles. The SMILES string of the molecule is CC(C)(C)N1NN(O)c2ccccc21. The summed E-state index contributed by atoms with van der Waals surface area (Å²) in [4.78, 5) is 0. The number of anilines is 2. The van der Waals surface area contributed by atoms with Crippen molar-refractivity contribution in [1.29, 1.82) is 0 Å². The number of nitrogens with one attached hydrogen (secondary N) is 1. The zero-order valence-corrected chi connectivity index (χ0v) is 8.65. The first kappa shape index (κ1) is 9.30. The fraction of sp³-hybridized carbons (Fsp3) is 0.400. The van der Waals surface area contributed by atoms with Crippen LogP contribution in [0.2, 0.25) is 0 Å². The molecule has 4 heteroatoms. The van der Waals surface area contributed by atoms with Crippen molar-refractivity contribution < 1.29 is 5.21 Å². The van der Waals surface area contributed by atoms with E-state index in [9.17, 15) is 5.21 Å². The molecule has 0 spiro atoms. The highest BCUT2D eigenvalue weighted by Gasteiger charge is 2.31. The van der Waals surface area contributed by atoms with Crippen LogP contribution in [-0.2, 0) is 0 Å². The Hall–Kier alpha value is -1.26. The van der Waals surface area contributed by atoms with Gasteiger partial charge in [-0.05, 0) is 32.9 Å². The monoisotopic (exact) mass is 193 g/mol. The fourth-order valence-electron chi connectivity index (χ4n) is 1.55. The number of hydrogen-bond acceptors (Lipinski definition) is 4. The van der Waals surface area contributed by atoms with E-state index >= 15 is 0 Å². The summed E-state index contributed by atoms with van der Waals surface area (Å²) in [5.74, 6) is 0. The summed E-state index contributed by atoms with van der Waals surface area (Å²) in [5.41, 5.74) is 4.57. The Morgan fingerprint density at radius 2 is 1.71 bits per heavy atom. The second-order valence-electron chi connectivity index (χ2n) is 4.41. The van der Waals surface area contributed by atoms with E-state index in [0.29, 0.717) is 0 Å². The third-order valence-corrected chi connectivity index (χ3v) is 2.22. The van der Waals surface area contributed by atoms with Crippen LogP contribution >= 0.6 is 0 Å². The number of benzene rings is 1. The van der Waals surface area contributed by atoms with Gasteiger partial charge in [-0.2, -0.15) is 5.17 Å². The van der Waals surface area contributed by atoms with Gasteiger partial charge in [0.05, 0.1) is 5.69 Å². The molecule has 0 aliphatic carbocycles. The molecule has 0 bridgehead atoms. The summed E-state index contributed by atoms with van der Waals surface area (Å²) in [5, 5.41) is 12.6. The molecule has 0 fully saturated rings. The average molecular weight is 193 g/mol. The van der Waals surface area contributed by atoms with E-state index < -0.39 is 0 Å². The zero-order chi connectivity index (χ0) is 10.3. The van der Waals surface area contributed by atoms with Crippen LogP contribution < -0.4 is 15.7 Å². The predicted octanol–water partition coefficient (Wildman–Crippen LogP) is 1.92. The van der Waals surface area contributed by atoms with Gasteiger partial charge in [0.1, 0.15) is 5.69 Å². The number of fused-ring (bicyclic) bond motifs is 1. The van der Waals surface area contributed by atoms with Crippen molar-refractivity contribution in [3.63, 3.8) is 0 Å². The Kier molecular flexibility index (Phi) is 1.90. The highest BCUT2D eigenvalue weighted by atomic mass is 16.6. The molecule has 1 aromatic rings. The Balaban J connectivity index is 2.44. The first-order valence-electron chi connectivity index (χ1n) is 4.65. The molecule has 1 aliphatic rings. The van der Waals surface area contributed by atoms with Crippen LogP contribution in [0.25, 0.3) is 0 Å². The molecular formula is C10H15N3O. The van der Waals surface area contributed by atoms with Crippen LogP contribution in [0.5, 0.6) is 0 Å². The van der Waals surface area contributed by atoms with Crippen molar-refractivity contribution in [3.8, 4) is 0 Å². The van der Waals surface area contributed by atoms with Crippen molar-refractivity contribution in [2.75, 3.05) is 10.2 Å². The lowest BCUT2D eigenvalue weighted by Crippen LogP contribution is -2.52. The summed E-state index contributed by atoms with van der Waals surface area (Å²) in [6.07, 6.45) is 0. The van der Waals surface area contributed by atoms with Crippen molar-refractivity contribution in [1.82, 2.24) is 5.53 Å². The molecule has 0 amide bonds. The maximum atomic E-state index is 9.60. The van der Waals surface area contributed by atoms with E-state index in [-0.39, 0.29) is 5.54 Å². The van der Waals surface area contributed by atoms with Crippen LogP contribution in [0.4, 0.5) is 11.4 Å². The number of nitrogens with zero attached hydrogens (tertiary/aromatic N) is 2. The Morgan fingerprint density at radius 1 is 1.14 bits per heavy atom. The lowest BCUT2D eigenvalue weighted by molar-refractivity contribution is 0.206. The van der Waals surface area contributed by atoms with E-state index in [1.165, 1.54) is 0 Å². The molecule has 2 N–H and O–H groups in total. The van der Waals surface area contributed by atoms with E-state index in [1.807, 2.05) is 29.3 Å². The van der Waals surface area contributed by atoms with Gasteiger partial charge in [-0.1, -0.05) is 12.1 Å². The van der Waals surface area contributed by atoms with E-state index in [1.54, 1.807) is 0 Å². The first-order chi connectivity index (χ1) is 6.50. The quantitative estimate of drug-likeness (QED) is 0.660. The molecule has 76 valence electrons. The van der Waals surface area contributed by atoms with Crippen molar-refractivity contribution in [2.24, 2.45) is 0 Å². The molecule has 0 radical (unpaired) electrons. The molecule has 0 unspecified atom stereocenters. The standard InChI is InChI=1S/C10H15N3O/c1-10(2,3)12-8-6-4-5-7-9(8)13(14)11-12/h4-7,11,14H,1-3H3. The van der Waals surface area contributed by atoms with Gasteiger partial charge in [0, 0.05) is 5.54 Å². The minimum absolute atomic E-state index is 0.0758. The summed E-state index contributed by atoms with van der Waals surface area (Å²) in [6.45, 7) is 6.24. The topological polar surface area (TPSA) is 38.7 Å². The summed E-state index contributed by atoms with van der Waals surface area (Å²) < 4.78 is 0. The Labute approximate surface area is 83.6 Å². The highest BCUT2D eigenvalue weighted by Crippen LogP contribution is 2.35. The first-order valence-corrected chi connectivity index (χ1v) is 4.65. The maximum Gasteiger partial charge on any atom is 0.109 e. The van der Waals surface area contributed by atoms with Gasteiger partial charge < -0.3 is 0 Å². The number of para-hydroxylation sites is 2. The Morgan fingerprint density at radius 3 is 2.29 bits per heavy atom. The summed E-state index contributed by atoms with van der Waals surface area (Å²) in [6, 6.07) is 7.70. The molecular weight excluding hydrogens is 178 g/mol. The summed E-state index contributed by atoms with van der Waals surface area (Å²) >= 11 is 0. The van der Waals surface area contributed by atoms with Gasteiger partial charge in [-0.3, -0.25) is 10.2 Å². The van der Waals surface area contributed by atoms with Crippen molar-refractivity contribution in [3.05, 3.63) is 24.3 Å². The smallest absolute Gasteiger partial charge is 0.109 e. The van der Waals surface area contributed by atoms with E-state index in [0.717, 1.165) is 16.5 Å².